The highest BCUT2D eigenvalue weighted by Crippen LogP contribution is 2.18. The van der Waals surface area contributed by atoms with E-state index in [1.807, 2.05) is 43.3 Å². The molecule has 0 bridgehead atoms. The van der Waals surface area contributed by atoms with Gasteiger partial charge in [0.05, 0.1) is 0 Å². The number of nitrogens with one attached hydrogen (secondary N) is 2. The van der Waals surface area contributed by atoms with Gasteiger partial charge in [-0.25, -0.2) is 0 Å². The van der Waals surface area contributed by atoms with E-state index in [0.29, 0.717) is 17.1 Å². The van der Waals surface area contributed by atoms with Crippen LogP contribution in [-0.2, 0) is 24.4 Å². The molecule has 0 saturated carbocycles. The minimum absolute atomic E-state index is 0.101. The van der Waals surface area contributed by atoms with Crippen molar-refractivity contribution < 1.29 is 4.79 Å². The van der Waals surface area contributed by atoms with Crippen LogP contribution < -0.4 is 5.32 Å². The predicted octanol–water partition coefficient (Wildman–Crippen LogP) is 4.07. The highest BCUT2D eigenvalue weighted by atomic mass is 32.1. The van der Waals surface area contributed by atoms with Crippen LogP contribution in [0.15, 0.2) is 48.5 Å². The molecule has 2 N–H and O–H groups in total. The van der Waals surface area contributed by atoms with Gasteiger partial charge in [0.1, 0.15) is 6.54 Å². The molecular formula is C23H29N5OS. The van der Waals surface area contributed by atoms with E-state index in [1.54, 1.807) is 4.57 Å². The summed E-state index contributed by atoms with van der Waals surface area (Å²) in [7, 11) is 0. The van der Waals surface area contributed by atoms with Crippen molar-refractivity contribution in [3.63, 3.8) is 0 Å². The Morgan fingerprint density at radius 3 is 2.60 bits per heavy atom. The molecule has 0 radical (unpaired) electrons. The number of amides is 1. The van der Waals surface area contributed by atoms with Crippen molar-refractivity contribution in [1.29, 1.82) is 0 Å². The number of hydrogen-bond donors (Lipinski definition) is 2. The lowest BCUT2D eigenvalue weighted by Crippen LogP contribution is -2.27. The fourth-order valence-corrected chi connectivity index (χ4v) is 3.61. The van der Waals surface area contributed by atoms with Crippen LogP contribution in [0.4, 0.5) is 0 Å². The minimum Gasteiger partial charge on any atom is -0.350 e. The fourth-order valence-electron chi connectivity index (χ4n) is 3.41. The molecule has 1 amide bonds. The van der Waals surface area contributed by atoms with Gasteiger partial charge in [0.15, 0.2) is 10.6 Å². The first-order valence-electron chi connectivity index (χ1n) is 10.3. The third-order valence-electron chi connectivity index (χ3n) is 5.12. The standard InChI is InChI=1S/C23H29N5OS/c1-4-27(5-2)15-19-10-7-9-18(13-19)14-24-21(29)16-28-22(25-26-23(28)30)20-11-6-8-17(3)12-20/h6-13H,4-5,14-16H2,1-3H3,(H,24,29)(H,26,30). The second-order valence-electron chi connectivity index (χ2n) is 7.37. The second kappa shape index (κ2) is 10.3. The number of rotatable bonds is 9. The zero-order valence-corrected chi connectivity index (χ0v) is 18.6. The molecule has 30 heavy (non-hydrogen) atoms. The van der Waals surface area contributed by atoms with Gasteiger partial charge in [-0.15, -0.1) is 0 Å². The number of aryl methyl sites for hydroxylation is 1. The van der Waals surface area contributed by atoms with Gasteiger partial charge in [-0.3, -0.25) is 19.4 Å². The number of hydrogen-bond acceptors (Lipinski definition) is 4. The number of carbonyl (C=O) groups excluding carboxylic acids is 1. The Morgan fingerprint density at radius 2 is 1.87 bits per heavy atom. The molecule has 0 aliphatic heterocycles. The molecule has 2 aromatic carbocycles. The van der Waals surface area contributed by atoms with Crippen molar-refractivity contribution in [2.24, 2.45) is 0 Å². The molecule has 0 spiro atoms. The molecule has 3 aromatic rings. The Balaban J connectivity index is 1.65. The Morgan fingerprint density at radius 1 is 1.13 bits per heavy atom. The molecule has 1 heterocycles. The van der Waals surface area contributed by atoms with Crippen LogP contribution in [0.2, 0.25) is 0 Å². The van der Waals surface area contributed by atoms with Crippen LogP contribution in [0.3, 0.4) is 0 Å². The lowest BCUT2D eigenvalue weighted by Gasteiger charge is -2.18. The Labute approximate surface area is 182 Å². The Bertz CT molecular complexity index is 1050. The van der Waals surface area contributed by atoms with Crippen LogP contribution in [0.5, 0.6) is 0 Å². The van der Waals surface area contributed by atoms with E-state index in [9.17, 15) is 4.79 Å². The summed E-state index contributed by atoms with van der Waals surface area (Å²) in [5.74, 6) is 0.565. The van der Waals surface area contributed by atoms with E-state index in [0.717, 1.165) is 36.3 Å². The lowest BCUT2D eigenvalue weighted by molar-refractivity contribution is -0.121. The quantitative estimate of drug-likeness (QED) is 0.509. The molecule has 0 aliphatic rings. The lowest BCUT2D eigenvalue weighted by atomic mass is 10.1. The molecule has 6 nitrogen and oxygen atoms in total. The molecule has 7 heteroatoms. The van der Waals surface area contributed by atoms with Gasteiger partial charge in [0, 0.05) is 18.7 Å². The molecule has 0 unspecified atom stereocenters. The maximum Gasteiger partial charge on any atom is 0.240 e. The zero-order valence-electron chi connectivity index (χ0n) is 17.8. The number of H-pyrrole nitrogens is 1. The third kappa shape index (κ3) is 5.64. The largest absolute Gasteiger partial charge is 0.350 e. The first-order chi connectivity index (χ1) is 14.5. The first-order valence-corrected chi connectivity index (χ1v) is 10.7. The monoisotopic (exact) mass is 423 g/mol. The third-order valence-corrected chi connectivity index (χ3v) is 5.43. The van der Waals surface area contributed by atoms with Crippen molar-refractivity contribution in [1.82, 2.24) is 25.0 Å². The van der Waals surface area contributed by atoms with E-state index < -0.39 is 0 Å². The Hall–Kier alpha value is -2.77. The molecule has 158 valence electrons. The Kier molecular flexibility index (Phi) is 7.54. The summed E-state index contributed by atoms with van der Waals surface area (Å²) >= 11 is 5.34. The van der Waals surface area contributed by atoms with Crippen LogP contribution >= 0.6 is 12.2 Å². The number of aromatic nitrogens is 3. The molecule has 0 saturated heterocycles. The van der Waals surface area contributed by atoms with E-state index in [-0.39, 0.29) is 12.5 Å². The van der Waals surface area contributed by atoms with E-state index >= 15 is 0 Å². The SMILES string of the molecule is CCN(CC)Cc1cccc(CNC(=O)Cn2c(-c3cccc(C)c3)n[nH]c2=S)c1. The number of carbonyl (C=O) groups is 1. The highest BCUT2D eigenvalue weighted by Gasteiger charge is 2.12. The number of aromatic amines is 1. The molecule has 0 atom stereocenters. The normalized spacial score (nSPS) is 11.1. The zero-order chi connectivity index (χ0) is 21.5. The fraction of sp³-hybridized carbons (Fsp3) is 0.348. The van der Waals surface area contributed by atoms with Gasteiger partial charge in [0.25, 0.3) is 0 Å². The average molecular weight is 424 g/mol. The van der Waals surface area contributed by atoms with Crippen molar-refractivity contribution in [3.8, 4) is 11.4 Å². The van der Waals surface area contributed by atoms with Crippen LogP contribution in [0.1, 0.15) is 30.5 Å². The topological polar surface area (TPSA) is 66.0 Å². The maximum absolute atomic E-state index is 12.6. The van der Waals surface area contributed by atoms with Crippen LogP contribution in [0, 0.1) is 11.7 Å². The first kappa shape index (κ1) is 21.9. The van der Waals surface area contributed by atoms with Gasteiger partial charge >= 0.3 is 0 Å². The molecule has 0 fully saturated rings. The average Bonchev–Trinajstić information content (AvgIpc) is 3.11. The molecular weight excluding hydrogens is 394 g/mol. The molecule has 1 aromatic heterocycles. The van der Waals surface area contributed by atoms with Gasteiger partial charge < -0.3 is 5.32 Å². The smallest absolute Gasteiger partial charge is 0.240 e. The summed E-state index contributed by atoms with van der Waals surface area (Å²) < 4.78 is 2.17. The van der Waals surface area contributed by atoms with Crippen molar-refractivity contribution in [3.05, 3.63) is 70.0 Å². The predicted molar refractivity (Wildman–Crippen MR) is 122 cm³/mol. The number of nitrogens with zero attached hydrogens (tertiary/aromatic N) is 3. The minimum atomic E-state index is -0.101. The summed E-state index contributed by atoms with van der Waals surface area (Å²) in [5, 5.41) is 10.1. The molecule has 3 rings (SSSR count). The second-order valence-corrected chi connectivity index (χ2v) is 7.75. The summed E-state index contributed by atoms with van der Waals surface area (Å²) in [4.78, 5) is 15.0. The van der Waals surface area contributed by atoms with E-state index in [1.165, 1.54) is 5.56 Å². The van der Waals surface area contributed by atoms with E-state index in [4.69, 9.17) is 12.2 Å². The molecule has 0 aliphatic carbocycles. The summed E-state index contributed by atoms with van der Waals surface area (Å²) in [6.45, 7) is 9.92. The highest BCUT2D eigenvalue weighted by molar-refractivity contribution is 7.71. The number of benzene rings is 2. The van der Waals surface area contributed by atoms with Gasteiger partial charge in [-0.1, -0.05) is 61.9 Å². The van der Waals surface area contributed by atoms with Crippen LogP contribution in [0.25, 0.3) is 11.4 Å². The van der Waals surface area contributed by atoms with Crippen molar-refractivity contribution >= 4 is 18.1 Å². The summed E-state index contributed by atoms with van der Waals surface area (Å²) in [6, 6.07) is 16.3. The summed E-state index contributed by atoms with van der Waals surface area (Å²) in [6.07, 6.45) is 0. The van der Waals surface area contributed by atoms with E-state index in [2.05, 4.69) is 46.4 Å². The van der Waals surface area contributed by atoms with Gasteiger partial charge in [0.2, 0.25) is 5.91 Å². The maximum atomic E-state index is 12.6. The van der Waals surface area contributed by atoms with Gasteiger partial charge in [-0.2, -0.15) is 5.10 Å². The van der Waals surface area contributed by atoms with Crippen molar-refractivity contribution in [2.75, 3.05) is 13.1 Å². The van der Waals surface area contributed by atoms with Crippen molar-refractivity contribution in [2.45, 2.75) is 40.4 Å². The van der Waals surface area contributed by atoms with Gasteiger partial charge in [-0.05, 0) is 49.4 Å². The van der Waals surface area contributed by atoms with Crippen LogP contribution in [-0.4, -0.2) is 38.7 Å². The summed E-state index contributed by atoms with van der Waals surface area (Å²) in [5.41, 5.74) is 4.40.